The summed E-state index contributed by atoms with van der Waals surface area (Å²) in [5.74, 6) is -0.286. The summed E-state index contributed by atoms with van der Waals surface area (Å²) in [5, 5.41) is 0. The van der Waals surface area contributed by atoms with Gasteiger partial charge in [0.05, 0.1) is 12.7 Å². The summed E-state index contributed by atoms with van der Waals surface area (Å²) in [6.45, 7) is 2.03. The summed E-state index contributed by atoms with van der Waals surface area (Å²) in [7, 11) is 1.40. The molecule has 0 radical (unpaired) electrons. The predicted molar refractivity (Wildman–Crippen MR) is 82.1 cm³/mol. The van der Waals surface area contributed by atoms with E-state index in [9.17, 15) is 4.79 Å². The standard InChI is InChI=1S/C16H17NO2S/c1-3-11-10-14(8-9-15(11)16(18)19-2)20-13-6-4-12(17)5-7-13/h4-10H,3,17H2,1-2H3. The molecule has 3 nitrogen and oxygen atoms in total. The lowest BCUT2D eigenvalue weighted by Crippen LogP contribution is -2.05. The van der Waals surface area contributed by atoms with Gasteiger partial charge in [-0.2, -0.15) is 0 Å². The average Bonchev–Trinajstić information content (AvgIpc) is 2.48. The molecule has 104 valence electrons. The van der Waals surface area contributed by atoms with E-state index in [1.165, 1.54) is 7.11 Å². The van der Waals surface area contributed by atoms with Crippen molar-refractivity contribution in [2.75, 3.05) is 12.8 Å². The van der Waals surface area contributed by atoms with Crippen LogP contribution in [0.25, 0.3) is 0 Å². The minimum Gasteiger partial charge on any atom is -0.465 e. The number of aryl methyl sites for hydroxylation is 1. The molecule has 2 aromatic carbocycles. The fourth-order valence-electron chi connectivity index (χ4n) is 1.91. The lowest BCUT2D eigenvalue weighted by molar-refractivity contribution is 0.0599. The lowest BCUT2D eigenvalue weighted by atomic mass is 10.1. The van der Waals surface area contributed by atoms with Crippen LogP contribution < -0.4 is 5.73 Å². The van der Waals surface area contributed by atoms with E-state index in [0.717, 1.165) is 27.5 Å². The molecule has 0 aliphatic carbocycles. The number of anilines is 1. The van der Waals surface area contributed by atoms with Crippen LogP contribution in [0.4, 0.5) is 5.69 Å². The first-order valence-corrected chi connectivity index (χ1v) is 7.20. The van der Waals surface area contributed by atoms with Crippen molar-refractivity contribution in [3.05, 3.63) is 53.6 Å². The third kappa shape index (κ3) is 3.33. The summed E-state index contributed by atoms with van der Waals surface area (Å²) in [4.78, 5) is 13.9. The molecule has 2 rings (SSSR count). The molecule has 0 bridgehead atoms. The summed E-state index contributed by atoms with van der Waals surface area (Å²) in [6, 6.07) is 13.5. The van der Waals surface area contributed by atoms with Gasteiger partial charge in [0, 0.05) is 15.5 Å². The molecule has 0 fully saturated rings. The molecule has 0 atom stereocenters. The van der Waals surface area contributed by atoms with E-state index in [1.807, 2.05) is 49.4 Å². The molecule has 0 unspecified atom stereocenters. The van der Waals surface area contributed by atoms with E-state index in [2.05, 4.69) is 0 Å². The first-order chi connectivity index (χ1) is 9.63. The Morgan fingerprint density at radius 2 is 1.80 bits per heavy atom. The first kappa shape index (κ1) is 14.5. The Kier molecular flexibility index (Phi) is 4.69. The number of carbonyl (C=O) groups excluding carboxylic acids is 1. The zero-order chi connectivity index (χ0) is 14.5. The third-order valence-electron chi connectivity index (χ3n) is 2.98. The van der Waals surface area contributed by atoms with Crippen LogP contribution in [0.1, 0.15) is 22.8 Å². The van der Waals surface area contributed by atoms with Crippen LogP contribution in [-0.2, 0) is 11.2 Å². The molecule has 0 spiro atoms. The van der Waals surface area contributed by atoms with Crippen molar-refractivity contribution >= 4 is 23.4 Å². The summed E-state index contributed by atoms with van der Waals surface area (Å²) in [5.41, 5.74) is 8.06. The largest absolute Gasteiger partial charge is 0.465 e. The Balaban J connectivity index is 2.25. The molecular formula is C16H17NO2S. The monoisotopic (exact) mass is 287 g/mol. The van der Waals surface area contributed by atoms with Crippen molar-refractivity contribution in [1.82, 2.24) is 0 Å². The summed E-state index contributed by atoms with van der Waals surface area (Å²) >= 11 is 1.65. The van der Waals surface area contributed by atoms with Gasteiger partial charge in [0.15, 0.2) is 0 Å². The second kappa shape index (κ2) is 6.48. The molecule has 4 heteroatoms. The number of methoxy groups -OCH3 is 1. The topological polar surface area (TPSA) is 52.3 Å². The lowest BCUT2D eigenvalue weighted by Gasteiger charge is -2.09. The van der Waals surface area contributed by atoms with Crippen LogP contribution >= 0.6 is 11.8 Å². The number of rotatable bonds is 4. The minimum absolute atomic E-state index is 0.286. The van der Waals surface area contributed by atoms with Crippen molar-refractivity contribution in [2.45, 2.75) is 23.1 Å². The van der Waals surface area contributed by atoms with Gasteiger partial charge < -0.3 is 10.5 Å². The second-order valence-electron chi connectivity index (χ2n) is 4.34. The highest BCUT2D eigenvalue weighted by atomic mass is 32.2. The molecule has 0 saturated heterocycles. The highest BCUT2D eigenvalue weighted by Gasteiger charge is 2.11. The maximum atomic E-state index is 11.7. The van der Waals surface area contributed by atoms with E-state index in [1.54, 1.807) is 11.8 Å². The van der Waals surface area contributed by atoms with Crippen LogP contribution in [0, 0.1) is 0 Å². The van der Waals surface area contributed by atoms with Gasteiger partial charge in [-0.25, -0.2) is 4.79 Å². The smallest absolute Gasteiger partial charge is 0.338 e. The van der Waals surface area contributed by atoms with E-state index < -0.39 is 0 Å². The molecule has 0 aliphatic heterocycles. The van der Waals surface area contributed by atoms with Gasteiger partial charge >= 0.3 is 5.97 Å². The normalized spacial score (nSPS) is 10.3. The maximum absolute atomic E-state index is 11.7. The first-order valence-electron chi connectivity index (χ1n) is 6.38. The number of nitrogens with two attached hydrogens (primary N) is 1. The SMILES string of the molecule is CCc1cc(Sc2ccc(N)cc2)ccc1C(=O)OC. The molecular weight excluding hydrogens is 270 g/mol. The van der Waals surface area contributed by atoms with E-state index >= 15 is 0 Å². The highest BCUT2D eigenvalue weighted by molar-refractivity contribution is 7.99. The quantitative estimate of drug-likeness (QED) is 0.687. The number of hydrogen-bond acceptors (Lipinski definition) is 4. The average molecular weight is 287 g/mol. The predicted octanol–water partition coefficient (Wildman–Crippen LogP) is 3.77. The van der Waals surface area contributed by atoms with E-state index in [-0.39, 0.29) is 5.97 Å². The van der Waals surface area contributed by atoms with Crippen LogP contribution in [0.5, 0.6) is 0 Å². The van der Waals surface area contributed by atoms with Crippen molar-refractivity contribution in [3.8, 4) is 0 Å². The van der Waals surface area contributed by atoms with Crippen LogP contribution in [0.3, 0.4) is 0 Å². The molecule has 2 aromatic rings. The van der Waals surface area contributed by atoms with Gasteiger partial charge in [-0.1, -0.05) is 18.7 Å². The molecule has 0 saturated carbocycles. The Morgan fingerprint density at radius 3 is 2.40 bits per heavy atom. The van der Waals surface area contributed by atoms with Crippen molar-refractivity contribution < 1.29 is 9.53 Å². The number of esters is 1. The maximum Gasteiger partial charge on any atom is 0.338 e. The Morgan fingerprint density at radius 1 is 1.15 bits per heavy atom. The third-order valence-corrected chi connectivity index (χ3v) is 3.98. The number of hydrogen-bond donors (Lipinski definition) is 1. The fourth-order valence-corrected chi connectivity index (χ4v) is 2.79. The van der Waals surface area contributed by atoms with Crippen LogP contribution in [-0.4, -0.2) is 13.1 Å². The van der Waals surface area contributed by atoms with Gasteiger partial charge in [0.1, 0.15) is 0 Å². The number of benzene rings is 2. The van der Waals surface area contributed by atoms with Crippen LogP contribution in [0.15, 0.2) is 52.3 Å². The zero-order valence-corrected chi connectivity index (χ0v) is 12.4. The van der Waals surface area contributed by atoms with Gasteiger partial charge in [0.2, 0.25) is 0 Å². The van der Waals surface area contributed by atoms with E-state index in [0.29, 0.717) is 5.56 Å². The number of ether oxygens (including phenoxy) is 1. The number of carbonyl (C=O) groups is 1. The van der Waals surface area contributed by atoms with Crippen LogP contribution in [0.2, 0.25) is 0 Å². The fraction of sp³-hybridized carbons (Fsp3) is 0.188. The van der Waals surface area contributed by atoms with Gasteiger partial charge in [-0.3, -0.25) is 0 Å². The summed E-state index contributed by atoms with van der Waals surface area (Å²) in [6.07, 6.45) is 0.792. The Bertz CT molecular complexity index is 608. The van der Waals surface area contributed by atoms with Gasteiger partial charge in [-0.15, -0.1) is 0 Å². The highest BCUT2D eigenvalue weighted by Crippen LogP contribution is 2.30. The Hall–Kier alpha value is -1.94. The molecule has 2 N–H and O–H groups in total. The number of nitrogen functional groups attached to an aromatic ring is 1. The second-order valence-corrected chi connectivity index (χ2v) is 5.48. The summed E-state index contributed by atoms with van der Waals surface area (Å²) < 4.78 is 4.79. The van der Waals surface area contributed by atoms with E-state index in [4.69, 9.17) is 10.5 Å². The van der Waals surface area contributed by atoms with Gasteiger partial charge in [0.25, 0.3) is 0 Å². The molecule has 0 heterocycles. The molecule has 0 aliphatic rings. The van der Waals surface area contributed by atoms with Crippen molar-refractivity contribution in [1.29, 1.82) is 0 Å². The zero-order valence-electron chi connectivity index (χ0n) is 11.6. The van der Waals surface area contributed by atoms with Crippen molar-refractivity contribution in [3.63, 3.8) is 0 Å². The molecule has 0 amide bonds. The molecule has 20 heavy (non-hydrogen) atoms. The molecule has 0 aromatic heterocycles. The van der Waals surface area contributed by atoms with Crippen molar-refractivity contribution in [2.24, 2.45) is 0 Å². The Labute approximate surface area is 123 Å². The van der Waals surface area contributed by atoms with Gasteiger partial charge in [-0.05, 0) is 54.4 Å². The minimum atomic E-state index is -0.286.